The third-order valence-corrected chi connectivity index (χ3v) is 7.42. The Balaban J connectivity index is 2.07. The number of ether oxygens (including phenoxy) is 1. The van der Waals surface area contributed by atoms with Crippen molar-refractivity contribution in [1.29, 1.82) is 0 Å². The van der Waals surface area contributed by atoms with Crippen LogP contribution in [0.15, 0.2) is 63.5 Å². The Morgan fingerprint density at radius 2 is 1.77 bits per heavy atom. The molecule has 0 N–H and O–H groups in total. The van der Waals surface area contributed by atoms with Crippen molar-refractivity contribution in [1.82, 2.24) is 4.31 Å². The van der Waals surface area contributed by atoms with Crippen LogP contribution in [0, 0.1) is 12.3 Å². The molecular weight excluding hydrogens is 470 g/mol. The van der Waals surface area contributed by atoms with Gasteiger partial charge in [-0.2, -0.15) is 0 Å². The Morgan fingerprint density at radius 3 is 2.33 bits per heavy atom. The first kappa shape index (κ1) is 22.2. The van der Waals surface area contributed by atoms with Crippen molar-refractivity contribution in [2.45, 2.75) is 25.2 Å². The maximum absolute atomic E-state index is 13.3. The number of amides is 1. The quantitative estimate of drug-likeness (QED) is 0.467. The van der Waals surface area contributed by atoms with Gasteiger partial charge in [0.15, 0.2) is 0 Å². The van der Waals surface area contributed by atoms with Crippen LogP contribution in [0.3, 0.4) is 0 Å². The van der Waals surface area contributed by atoms with E-state index in [2.05, 4.69) is 15.9 Å². The predicted octanol–water partition coefficient (Wildman–Crippen LogP) is 3.94. The van der Waals surface area contributed by atoms with E-state index in [4.69, 9.17) is 4.74 Å². The van der Waals surface area contributed by atoms with Gasteiger partial charge in [0.1, 0.15) is 0 Å². The van der Waals surface area contributed by atoms with Crippen molar-refractivity contribution in [3.63, 3.8) is 0 Å². The van der Waals surface area contributed by atoms with Crippen LogP contribution in [0.4, 0.5) is 0 Å². The lowest BCUT2D eigenvalue weighted by atomic mass is 9.80. The summed E-state index contributed by atoms with van der Waals surface area (Å²) in [7, 11) is -2.80. The normalized spacial score (nSPS) is 20.6. The predicted molar refractivity (Wildman–Crippen MR) is 117 cm³/mol. The van der Waals surface area contributed by atoms with Gasteiger partial charge in [-0.25, -0.2) is 12.7 Å². The van der Waals surface area contributed by atoms with Gasteiger partial charge < -0.3 is 4.74 Å². The van der Waals surface area contributed by atoms with Gasteiger partial charge in [0.25, 0.3) is 15.9 Å². The van der Waals surface area contributed by atoms with Crippen LogP contribution in [0.5, 0.6) is 0 Å². The molecule has 6 nitrogen and oxygen atoms in total. The molecule has 1 aliphatic heterocycles. The van der Waals surface area contributed by atoms with Crippen molar-refractivity contribution < 1.29 is 22.7 Å². The number of esters is 1. The van der Waals surface area contributed by atoms with Gasteiger partial charge in [0.05, 0.1) is 18.4 Å². The fourth-order valence-corrected chi connectivity index (χ4v) is 5.17. The monoisotopic (exact) mass is 491 g/mol. The van der Waals surface area contributed by atoms with Crippen LogP contribution in [-0.4, -0.2) is 38.3 Å². The van der Waals surface area contributed by atoms with Crippen LogP contribution in [-0.2, 0) is 24.3 Å². The van der Waals surface area contributed by atoms with Gasteiger partial charge in [0.2, 0.25) is 0 Å². The van der Waals surface area contributed by atoms with E-state index in [1.165, 1.54) is 19.2 Å². The summed E-state index contributed by atoms with van der Waals surface area (Å²) in [6, 6.07) is 13.6. The zero-order valence-corrected chi connectivity index (χ0v) is 19.3. The van der Waals surface area contributed by atoms with Gasteiger partial charge in [-0.3, -0.25) is 9.59 Å². The summed E-state index contributed by atoms with van der Waals surface area (Å²) in [5.74, 6) is -1.15. The van der Waals surface area contributed by atoms with E-state index in [0.717, 1.165) is 19.9 Å². The lowest BCUT2D eigenvalue weighted by molar-refractivity contribution is -0.142. The van der Waals surface area contributed by atoms with Gasteiger partial charge in [-0.1, -0.05) is 52.7 Å². The molecule has 158 valence electrons. The van der Waals surface area contributed by atoms with Gasteiger partial charge in [-0.05, 0) is 42.8 Å². The number of benzene rings is 2. The zero-order valence-electron chi connectivity index (χ0n) is 16.9. The van der Waals surface area contributed by atoms with Crippen LogP contribution in [0.25, 0.3) is 6.08 Å². The SMILES string of the molecule is COC(=O)CC1(C)CN(S(=O)(=O)c2ccc(C)cc2)C(=O)/C1=C\c1ccc(Br)cc1. The molecule has 1 aliphatic rings. The average Bonchev–Trinajstić information content (AvgIpc) is 2.95. The zero-order chi connectivity index (χ0) is 22.1. The average molecular weight is 492 g/mol. The highest BCUT2D eigenvalue weighted by atomic mass is 79.9. The lowest BCUT2D eigenvalue weighted by Crippen LogP contribution is -2.34. The number of nitrogens with zero attached hydrogens (tertiary/aromatic N) is 1. The summed E-state index contributed by atoms with van der Waals surface area (Å²) in [5, 5.41) is 0. The minimum Gasteiger partial charge on any atom is -0.469 e. The van der Waals surface area contributed by atoms with Crippen molar-refractivity contribution in [3.8, 4) is 0 Å². The summed E-state index contributed by atoms with van der Waals surface area (Å²) in [6.45, 7) is 3.42. The molecule has 1 fully saturated rings. The Morgan fingerprint density at radius 1 is 1.17 bits per heavy atom. The summed E-state index contributed by atoms with van der Waals surface area (Å²) in [6.07, 6.45) is 1.53. The molecule has 0 bridgehead atoms. The number of methoxy groups -OCH3 is 1. The van der Waals surface area contributed by atoms with Crippen molar-refractivity contribution >= 4 is 43.9 Å². The number of carbonyl (C=O) groups excluding carboxylic acids is 2. The maximum atomic E-state index is 13.3. The maximum Gasteiger partial charge on any atom is 0.306 e. The lowest BCUT2D eigenvalue weighted by Gasteiger charge is -2.23. The molecule has 0 spiro atoms. The van der Waals surface area contributed by atoms with Crippen molar-refractivity contribution in [2.75, 3.05) is 13.7 Å². The van der Waals surface area contributed by atoms with E-state index in [0.29, 0.717) is 0 Å². The molecule has 8 heteroatoms. The Labute approximate surface area is 184 Å². The van der Waals surface area contributed by atoms with E-state index >= 15 is 0 Å². The van der Waals surface area contributed by atoms with Crippen LogP contribution in [0.2, 0.25) is 0 Å². The molecule has 0 radical (unpaired) electrons. The molecule has 0 aliphatic carbocycles. The number of rotatable bonds is 5. The number of carbonyl (C=O) groups is 2. The molecule has 1 amide bonds. The summed E-state index contributed by atoms with van der Waals surface area (Å²) in [4.78, 5) is 25.4. The first-order valence-corrected chi connectivity index (χ1v) is 11.5. The fourth-order valence-electron chi connectivity index (χ4n) is 3.40. The molecule has 30 heavy (non-hydrogen) atoms. The molecule has 1 atom stereocenters. The second kappa shape index (κ2) is 8.35. The molecule has 2 aromatic carbocycles. The van der Waals surface area contributed by atoms with Gasteiger partial charge >= 0.3 is 5.97 Å². The van der Waals surface area contributed by atoms with Gasteiger partial charge in [0, 0.05) is 22.0 Å². The van der Waals surface area contributed by atoms with E-state index in [-0.39, 0.29) is 23.4 Å². The third kappa shape index (κ3) is 4.34. The Bertz CT molecular complexity index is 1110. The molecule has 2 aromatic rings. The highest BCUT2D eigenvalue weighted by Gasteiger charge is 2.50. The molecule has 0 aromatic heterocycles. The fraction of sp³-hybridized carbons (Fsp3) is 0.273. The number of hydrogen-bond acceptors (Lipinski definition) is 5. The van der Waals surface area contributed by atoms with E-state index in [1.807, 2.05) is 19.1 Å². The topological polar surface area (TPSA) is 80.8 Å². The molecular formula is C22H22BrNO5S. The smallest absolute Gasteiger partial charge is 0.306 e. The van der Waals surface area contributed by atoms with E-state index in [1.54, 1.807) is 37.3 Å². The van der Waals surface area contributed by atoms with Crippen LogP contribution >= 0.6 is 15.9 Å². The van der Waals surface area contributed by atoms with Crippen LogP contribution in [0.1, 0.15) is 24.5 Å². The first-order valence-electron chi connectivity index (χ1n) is 9.25. The summed E-state index contributed by atoms with van der Waals surface area (Å²) in [5.41, 5.74) is 0.876. The van der Waals surface area contributed by atoms with Crippen molar-refractivity contribution in [3.05, 3.63) is 69.7 Å². The number of aryl methyl sites for hydroxylation is 1. The number of halogens is 1. The summed E-state index contributed by atoms with van der Waals surface area (Å²) < 4.78 is 32.9. The summed E-state index contributed by atoms with van der Waals surface area (Å²) >= 11 is 3.36. The highest BCUT2D eigenvalue weighted by Crippen LogP contribution is 2.43. The highest BCUT2D eigenvalue weighted by molar-refractivity contribution is 9.10. The van der Waals surface area contributed by atoms with Crippen molar-refractivity contribution in [2.24, 2.45) is 5.41 Å². The third-order valence-electron chi connectivity index (χ3n) is 5.15. The minimum absolute atomic E-state index is 0.0340. The largest absolute Gasteiger partial charge is 0.469 e. The second-order valence-corrected chi connectivity index (χ2v) is 10.3. The second-order valence-electron chi connectivity index (χ2n) is 7.55. The molecule has 1 saturated heterocycles. The molecule has 1 heterocycles. The van der Waals surface area contributed by atoms with Gasteiger partial charge in [-0.15, -0.1) is 0 Å². The number of hydrogen-bond donors (Lipinski definition) is 0. The molecule has 0 saturated carbocycles. The Hall–Kier alpha value is -2.45. The van der Waals surface area contributed by atoms with E-state index in [9.17, 15) is 18.0 Å². The minimum atomic E-state index is -4.07. The number of sulfonamides is 1. The molecule has 3 rings (SSSR count). The first-order chi connectivity index (χ1) is 14.1. The Kier molecular flexibility index (Phi) is 6.19. The standard InChI is InChI=1S/C22H22BrNO5S/c1-15-4-10-18(11-5-15)30(27,28)24-14-22(2,13-20(25)29-3)19(21(24)26)12-16-6-8-17(23)9-7-16/h4-12H,13-14H2,1-3H3/b19-12+. The van der Waals surface area contributed by atoms with Crippen LogP contribution < -0.4 is 0 Å². The molecule has 1 unspecified atom stereocenters. The van der Waals surface area contributed by atoms with E-state index < -0.39 is 27.3 Å².